The zero-order valence-corrected chi connectivity index (χ0v) is 7.76. The lowest BCUT2D eigenvalue weighted by Gasteiger charge is -2.09. The molecule has 0 saturated carbocycles. The number of hydrogen-bond acceptors (Lipinski definition) is 2. The van der Waals surface area contributed by atoms with Gasteiger partial charge in [-0.1, -0.05) is 11.6 Å². The van der Waals surface area contributed by atoms with Gasteiger partial charge in [0.15, 0.2) is 5.75 Å². The van der Waals surface area contributed by atoms with E-state index in [1.807, 2.05) is 0 Å². The van der Waals surface area contributed by atoms with Crippen LogP contribution in [0.2, 0.25) is 5.02 Å². The van der Waals surface area contributed by atoms with E-state index < -0.39 is 34.7 Å². The summed E-state index contributed by atoms with van der Waals surface area (Å²) >= 11 is 5.40. The number of alkyl halides is 2. The lowest BCUT2D eigenvalue weighted by atomic mass is 10.2. The molecule has 0 aliphatic rings. The largest absolute Gasteiger partial charge is 0.477 e. The number of hydrogen-bond donors (Lipinski definition) is 1. The zero-order valence-electron chi connectivity index (χ0n) is 7.01. The summed E-state index contributed by atoms with van der Waals surface area (Å²) in [7, 11) is 0. The van der Waals surface area contributed by atoms with Gasteiger partial charge in [0.1, 0.15) is 11.4 Å². The van der Waals surface area contributed by atoms with E-state index in [4.69, 9.17) is 16.7 Å². The van der Waals surface area contributed by atoms with E-state index in [1.165, 1.54) is 0 Å². The molecule has 1 N–H and O–H groups in total. The first-order valence-electron chi connectivity index (χ1n) is 3.59. The van der Waals surface area contributed by atoms with Crippen LogP contribution in [0.4, 0.5) is 13.2 Å². The van der Waals surface area contributed by atoms with Crippen molar-refractivity contribution in [3.05, 3.63) is 28.5 Å². The van der Waals surface area contributed by atoms with Crippen molar-refractivity contribution in [1.29, 1.82) is 0 Å². The predicted octanol–water partition coefficient (Wildman–Crippen LogP) is 2.78. The Bertz CT molecular complexity index is 395. The molecule has 1 aromatic rings. The minimum atomic E-state index is -3.28. The molecule has 0 atom stereocenters. The molecule has 1 aromatic carbocycles. The average molecular weight is 241 g/mol. The Morgan fingerprint density at radius 3 is 2.53 bits per heavy atom. The summed E-state index contributed by atoms with van der Waals surface area (Å²) in [5, 5.41) is 8.17. The topological polar surface area (TPSA) is 46.5 Å². The van der Waals surface area contributed by atoms with Crippen LogP contribution in [0.3, 0.4) is 0 Å². The molecule has 0 aliphatic heterocycles. The van der Waals surface area contributed by atoms with E-state index >= 15 is 0 Å². The van der Waals surface area contributed by atoms with Crippen LogP contribution in [-0.4, -0.2) is 17.7 Å². The number of carboxylic acid groups (broad SMARTS) is 1. The van der Waals surface area contributed by atoms with Crippen LogP contribution in [0, 0.1) is 5.82 Å². The summed E-state index contributed by atoms with van der Waals surface area (Å²) in [5.41, 5.74) is -1.01. The van der Waals surface area contributed by atoms with Crippen LogP contribution in [0.5, 0.6) is 5.75 Å². The highest BCUT2D eigenvalue weighted by molar-refractivity contribution is 6.32. The highest BCUT2D eigenvalue weighted by Gasteiger charge is 2.22. The van der Waals surface area contributed by atoms with Crippen LogP contribution < -0.4 is 4.74 Å². The lowest BCUT2D eigenvalue weighted by molar-refractivity contribution is -0.0504. The number of ether oxygens (including phenoxy) is 1. The fraction of sp³-hybridized carbons (Fsp3) is 0.125. The smallest absolute Gasteiger partial charge is 0.387 e. The molecule has 0 aliphatic carbocycles. The SMILES string of the molecule is O=C(O)c1c(F)ccc(Cl)c1OC(F)F. The Kier molecular flexibility index (Phi) is 3.41. The van der Waals surface area contributed by atoms with Gasteiger partial charge in [0.05, 0.1) is 5.02 Å². The maximum Gasteiger partial charge on any atom is 0.387 e. The standard InChI is InChI=1S/C8H4ClF3O3/c9-3-1-2-4(10)5(7(13)14)6(3)15-8(11)12/h1-2,8H,(H,13,14). The monoisotopic (exact) mass is 240 g/mol. The Balaban J connectivity index is 3.31. The van der Waals surface area contributed by atoms with Gasteiger partial charge in [-0.3, -0.25) is 0 Å². The molecule has 82 valence electrons. The van der Waals surface area contributed by atoms with Gasteiger partial charge in [-0.05, 0) is 12.1 Å². The highest BCUT2D eigenvalue weighted by atomic mass is 35.5. The summed E-state index contributed by atoms with van der Waals surface area (Å²) in [6.07, 6.45) is 0. The summed E-state index contributed by atoms with van der Waals surface area (Å²) in [6.45, 7) is -3.28. The number of aromatic carboxylic acids is 1. The predicted molar refractivity (Wildman–Crippen MR) is 45.0 cm³/mol. The molecule has 0 fully saturated rings. The van der Waals surface area contributed by atoms with Crippen LogP contribution in [0.25, 0.3) is 0 Å². The van der Waals surface area contributed by atoms with Crippen LogP contribution in [-0.2, 0) is 0 Å². The normalized spacial score (nSPS) is 10.5. The van der Waals surface area contributed by atoms with Gasteiger partial charge in [0, 0.05) is 0 Å². The number of rotatable bonds is 3. The van der Waals surface area contributed by atoms with Crippen LogP contribution in [0.1, 0.15) is 10.4 Å². The van der Waals surface area contributed by atoms with Gasteiger partial charge in [-0.15, -0.1) is 0 Å². The molecule has 7 heteroatoms. The second-order valence-electron chi connectivity index (χ2n) is 2.42. The van der Waals surface area contributed by atoms with E-state index in [-0.39, 0.29) is 0 Å². The number of carboxylic acids is 1. The second-order valence-corrected chi connectivity index (χ2v) is 2.82. The van der Waals surface area contributed by atoms with Gasteiger partial charge in [-0.2, -0.15) is 8.78 Å². The molecule has 0 amide bonds. The van der Waals surface area contributed by atoms with Gasteiger partial charge >= 0.3 is 12.6 Å². The van der Waals surface area contributed by atoms with E-state index in [1.54, 1.807) is 0 Å². The molecule has 0 spiro atoms. The molecule has 15 heavy (non-hydrogen) atoms. The zero-order chi connectivity index (χ0) is 11.6. The molecule has 0 saturated heterocycles. The molecule has 0 bridgehead atoms. The minimum absolute atomic E-state index is 0.394. The van der Waals surface area contributed by atoms with E-state index in [0.29, 0.717) is 0 Å². The third kappa shape index (κ3) is 2.53. The van der Waals surface area contributed by atoms with Crippen molar-refractivity contribution < 1.29 is 27.8 Å². The molecular weight excluding hydrogens is 237 g/mol. The van der Waals surface area contributed by atoms with Gasteiger partial charge in [-0.25, -0.2) is 9.18 Å². The summed E-state index contributed by atoms with van der Waals surface area (Å²) in [5.74, 6) is -3.80. The lowest BCUT2D eigenvalue weighted by Crippen LogP contribution is -2.10. The molecule has 1 rings (SSSR count). The first-order chi connectivity index (χ1) is 6.93. The summed E-state index contributed by atoms with van der Waals surface area (Å²) in [6, 6.07) is 1.69. The van der Waals surface area contributed by atoms with Crippen molar-refractivity contribution in [1.82, 2.24) is 0 Å². The maximum atomic E-state index is 13.0. The molecule has 0 aromatic heterocycles. The first-order valence-corrected chi connectivity index (χ1v) is 3.97. The van der Waals surface area contributed by atoms with Crippen molar-refractivity contribution in [3.63, 3.8) is 0 Å². The van der Waals surface area contributed by atoms with Gasteiger partial charge in [0.25, 0.3) is 0 Å². The van der Waals surface area contributed by atoms with Crippen LogP contribution in [0.15, 0.2) is 12.1 Å². The maximum absolute atomic E-state index is 13.0. The fourth-order valence-corrected chi connectivity index (χ4v) is 1.14. The quantitative estimate of drug-likeness (QED) is 0.884. The Morgan fingerprint density at radius 2 is 2.07 bits per heavy atom. The molecule has 0 heterocycles. The number of benzene rings is 1. The van der Waals surface area contributed by atoms with Crippen molar-refractivity contribution >= 4 is 17.6 Å². The van der Waals surface area contributed by atoms with Crippen molar-refractivity contribution in [2.45, 2.75) is 6.61 Å². The van der Waals surface area contributed by atoms with Gasteiger partial charge < -0.3 is 9.84 Å². The van der Waals surface area contributed by atoms with Gasteiger partial charge in [0.2, 0.25) is 0 Å². The van der Waals surface area contributed by atoms with E-state index in [9.17, 15) is 18.0 Å². The molecule has 0 unspecified atom stereocenters. The summed E-state index contributed by atoms with van der Waals surface area (Å²) < 4.78 is 40.6. The van der Waals surface area contributed by atoms with Crippen LogP contribution >= 0.6 is 11.6 Å². The van der Waals surface area contributed by atoms with E-state index in [2.05, 4.69) is 4.74 Å². The summed E-state index contributed by atoms with van der Waals surface area (Å²) in [4.78, 5) is 10.6. The molecular formula is C8H4ClF3O3. The number of halogens is 4. The first kappa shape index (κ1) is 11.6. The Hall–Kier alpha value is -1.43. The van der Waals surface area contributed by atoms with Crippen molar-refractivity contribution in [2.24, 2.45) is 0 Å². The second kappa shape index (κ2) is 4.39. The third-order valence-corrected chi connectivity index (χ3v) is 1.78. The Morgan fingerprint density at radius 1 is 1.47 bits per heavy atom. The highest BCUT2D eigenvalue weighted by Crippen LogP contribution is 2.32. The minimum Gasteiger partial charge on any atom is -0.477 e. The third-order valence-electron chi connectivity index (χ3n) is 1.48. The fourth-order valence-electron chi connectivity index (χ4n) is 0.937. The van der Waals surface area contributed by atoms with Crippen molar-refractivity contribution in [2.75, 3.05) is 0 Å². The van der Waals surface area contributed by atoms with E-state index in [0.717, 1.165) is 12.1 Å². The van der Waals surface area contributed by atoms with Crippen molar-refractivity contribution in [3.8, 4) is 5.75 Å². The molecule has 3 nitrogen and oxygen atoms in total. The molecule has 0 radical (unpaired) electrons. The number of carbonyl (C=O) groups is 1. The Labute approximate surface area is 87.0 Å². The average Bonchev–Trinajstić information content (AvgIpc) is 2.10.